The Morgan fingerprint density at radius 2 is 1.69 bits per heavy atom. The highest BCUT2D eigenvalue weighted by Gasteiger charge is 2.07. The molecule has 16 heavy (non-hydrogen) atoms. The zero-order chi connectivity index (χ0) is 11.5. The van der Waals surface area contributed by atoms with E-state index in [1.807, 2.05) is 25.1 Å². The van der Waals surface area contributed by atoms with E-state index in [4.69, 9.17) is 4.74 Å². The molecule has 0 saturated carbocycles. The molecule has 0 amide bonds. The van der Waals surface area contributed by atoms with Crippen molar-refractivity contribution in [3.8, 4) is 17.1 Å². The van der Waals surface area contributed by atoms with E-state index >= 15 is 0 Å². The summed E-state index contributed by atoms with van der Waals surface area (Å²) in [7, 11) is 1.64. The molecular weight excluding hydrogens is 204 g/mol. The lowest BCUT2D eigenvalue weighted by Crippen LogP contribution is -1.99. The summed E-state index contributed by atoms with van der Waals surface area (Å²) in [5.41, 5.74) is 1.95. The Balaban J connectivity index is 2.44. The highest BCUT2D eigenvalue weighted by atomic mass is 16.5. The van der Waals surface area contributed by atoms with Crippen molar-refractivity contribution in [2.24, 2.45) is 0 Å². The molecule has 0 aliphatic rings. The van der Waals surface area contributed by atoms with Gasteiger partial charge in [-0.2, -0.15) is 0 Å². The largest absolute Gasteiger partial charge is 0.497 e. The lowest BCUT2D eigenvalue weighted by Gasteiger charge is -2.05. The van der Waals surface area contributed by atoms with Gasteiger partial charge in [-0.25, -0.2) is 0 Å². The number of hydrogen-bond acceptors (Lipinski definition) is 5. The molecule has 5 nitrogen and oxygen atoms in total. The van der Waals surface area contributed by atoms with E-state index in [2.05, 4.69) is 20.4 Å². The average Bonchev–Trinajstić information content (AvgIpc) is 2.30. The van der Waals surface area contributed by atoms with Gasteiger partial charge in [0.2, 0.25) is 5.82 Å². The number of rotatable bonds is 2. The Labute approximate surface area is 93.5 Å². The van der Waals surface area contributed by atoms with Gasteiger partial charge < -0.3 is 4.74 Å². The first-order chi connectivity index (χ1) is 7.70. The summed E-state index contributed by atoms with van der Waals surface area (Å²) < 4.78 is 5.13. The molecule has 0 N–H and O–H groups in total. The van der Waals surface area contributed by atoms with E-state index in [0.29, 0.717) is 11.6 Å². The maximum atomic E-state index is 5.13. The Hall–Kier alpha value is -2.04. The molecule has 0 atom stereocenters. The van der Waals surface area contributed by atoms with Crippen molar-refractivity contribution in [2.45, 2.75) is 13.8 Å². The van der Waals surface area contributed by atoms with Crippen LogP contribution in [0.25, 0.3) is 11.4 Å². The molecule has 2 aromatic rings. The van der Waals surface area contributed by atoms with Gasteiger partial charge >= 0.3 is 0 Å². The molecule has 0 unspecified atom stereocenters. The Bertz CT molecular complexity index is 496. The molecule has 0 aliphatic heterocycles. The second-order valence-corrected chi connectivity index (χ2v) is 3.45. The average molecular weight is 216 g/mol. The van der Waals surface area contributed by atoms with Crippen molar-refractivity contribution in [2.75, 3.05) is 7.11 Å². The third-order valence-corrected chi connectivity index (χ3v) is 2.25. The molecule has 0 fully saturated rings. The smallest absolute Gasteiger partial charge is 0.203 e. The minimum Gasteiger partial charge on any atom is -0.497 e. The minimum atomic E-state index is 0.533. The summed E-state index contributed by atoms with van der Waals surface area (Å²) in [5.74, 6) is 1.91. The SMILES string of the molecule is COc1ccc(-c2nnc(C)nn2)c(C)c1. The van der Waals surface area contributed by atoms with Gasteiger partial charge in [0.05, 0.1) is 7.11 Å². The van der Waals surface area contributed by atoms with Crippen molar-refractivity contribution in [1.82, 2.24) is 20.4 Å². The van der Waals surface area contributed by atoms with Gasteiger partial charge in [-0.15, -0.1) is 20.4 Å². The van der Waals surface area contributed by atoms with Crippen LogP contribution in [0.15, 0.2) is 18.2 Å². The molecule has 0 radical (unpaired) electrons. The number of aryl methyl sites for hydroxylation is 2. The van der Waals surface area contributed by atoms with Crippen molar-refractivity contribution in [3.63, 3.8) is 0 Å². The van der Waals surface area contributed by atoms with E-state index in [1.54, 1.807) is 14.0 Å². The van der Waals surface area contributed by atoms with Crippen LogP contribution in [-0.4, -0.2) is 27.5 Å². The molecule has 1 aromatic heterocycles. The number of methoxy groups -OCH3 is 1. The summed E-state index contributed by atoms with van der Waals surface area (Å²) in [4.78, 5) is 0. The lowest BCUT2D eigenvalue weighted by atomic mass is 10.1. The monoisotopic (exact) mass is 216 g/mol. The summed E-state index contributed by atoms with van der Waals surface area (Å²) in [6.07, 6.45) is 0. The molecule has 1 heterocycles. The zero-order valence-electron chi connectivity index (χ0n) is 9.43. The fourth-order valence-electron chi connectivity index (χ4n) is 1.40. The van der Waals surface area contributed by atoms with Gasteiger partial charge in [0.25, 0.3) is 0 Å². The van der Waals surface area contributed by atoms with E-state index in [9.17, 15) is 0 Å². The van der Waals surface area contributed by atoms with Crippen LogP contribution >= 0.6 is 0 Å². The Morgan fingerprint density at radius 3 is 2.25 bits per heavy atom. The van der Waals surface area contributed by atoms with Crippen LogP contribution < -0.4 is 4.74 Å². The molecule has 2 rings (SSSR count). The van der Waals surface area contributed by atoms with Crippen LogP contribution in [0, 0.1) is 13.8 Å². The van der Waals surface area contributed by atoms with E-state index < -0.39 is 0 Å². The first kappa shape index (κ1) is 10.5. The third-order valence-electron chi connectivity index (χ3n) is 2.25. The first-order valence-corrected chi connectivity index (χ1v) is 4.89. The molecule has 1 aromatic carbocycles. The first-order valence-electron chi connectivity index (χ1n) is 4.89. The summed E-state index contributed by atoms with van der Waals surface area (Å²) in [6, 6.07) is 5.70. The van der Waals surface area contributed by atoms with Crippen LogP contribution in [-0.2, 0) is 0 Å². The normalized spacial score (nSPS) is 10.2. The second kappa shape index (κ2) is 4.22. The molecule has 82 valence electrons. The highest BCUT2D eigenvalue weighted by molar-refractivity contribution is 5.60. The topological polar surface area (TPSA) is 60.8 Å². The van der Waals surface area contributed by atoms with Crippen LogP contribution in [0.1, 0.15) is 11.4 Å². The summed E-state index contributed by atoms with van der Waals surface area (Å²) in [5, 5.41) is 15.8. The molecule has 0 bridgehead atoms. The fourth-order valence-corrected chi connectivity index (χ4v) is 1.40. The van der Waals surface area contributed by atoms with Gasteiger partial charge in [-0.05, 0) is 37.6 Å². The Kier molecular flexibility index (Phi) is 2.76. The quantitative estimate of drug-likeness (QED) is 0.762. The van der Waals surface area contributed by atoms with Crippen LogP contribution in [0.5, 0.6) is 5.75 Å². The van der Waals surface area contributed by atoms with Gasteiger partial charge in [-0.1, -0.05) is 0 Å². The predicted molar refractivity (Wildman–Crippen MR) is 59.1 cm³/mol. The molecule has 0 spiro atoms. The van der Waals surface area contributed by atoms with Crippen LogP contribution in [0.4, 0.5) is 0 Å². The van der Waals surface area contributed by atoms with Gasteiger partial charge in [0.15, 0.2) is 5.82 Å². The van der Waals surface area contributed by atoms with E-state index in [0.717, 1.165) is 16.9 Å². The number of aromatic nitrogens is 4. The van der Waals surface area contributed by atoms with E-state index in [-0.39, 0.29) is 0 Å². The van der Waals surface area contributed by atoms with Crippen molar-refractivity contribution in [3.05, 3.63) is 29.6 Å². The van der Waals surface area contributed by atoms with Crippen molar-refractivity contribution in [1.29, 1.82) is 0 Å². The molecular formula is C11H12N4O. The third kappa shape index (κ3) is 1.98. The Morgan fingerprint density at radius 1 is 1.00 bits per heavy atom. The minimum absolute atomic E-state index is 0.533. The van der Waals surface area contributed by atoms with Gasteiger partial charge in [0.1, 0.15) is 5.75 Å². The van der Waals surface area contributed by atoms with Crippen LogP contribution in [0.3, 0.4) is 0 Å². The van der Waals surface area contributed by atoms with Gasteiger partial charge in [0, 0.05) is 5.56 Å². The summed E-state index contributed by atoms with van der Waals surface area (Å²) >= 11 is 0. The summed E-state index contributed by atoms with van der Waals surface area (Å²) in [6.45, 7) is 3.73. The zero-order valence-corrected chi connectivity index (χ0v) is 9.43. The predicted octanol–water partition coefficient (Wildman–Crippen LogP) is 1.56. The second-order valence-electron chi connectivity index (χ2n) is 3.45. The molecule has 0 saturated heterocycles. The molecule has 5 heteroatoms. The molecule has 0 aliphatic carbocycles. The number of nitrogens with zero attached hydrogens (tertiary/aromatic N) is 4. The number of benzene rings is 1. The standard InChI is InChI=1S/C11H12N4O/c1-7-6-9(16-3)4-5-10(7)11-14-12-8(2)13-15-11/h4-6H,1-3H3. The van der Waals surface area contributed by atoms with Crippen LogP contribution in [0.2, 0.25) is 0 Å². The van der Waals surface area contributed by atoms with Crippen molar-refractivity contribution < 1.29 is 4.74 Å². The maximum Gasteiger partial charge on any atom is 0.203 e. The number of hydrogen-bond donors (Lipinski definition) is 0. The van der Waals surface area contributed by atoms with Gasteiger partial charge in [-0.3, -0.25) is 0 Å². The number of ether oxygens (including phenoxy) is 1. The lowest BCUT2D eigenvalue weighted by molar-refractivity contribution is 0.414. The maximum absolute atomic E-state index is 5.13. The van der Waals surface area contributed by atoms with Crippen molar-refractivity contribution >= 4 is 0 Å². The van der Waals surface area contributed by atoms with E-state index in [1.165, 1.54) is 0 Å². The highest BCUT2D eigenvalue weighted by Crippen LogP contribution is 2.23. The fraction of sp³-hybridized carbons (Fsp3) is 0.273.